The van der Waals surface area contributed by atoms with Gasteiger partial charge in [0.25, 0.3) is 0 Å². The van der Waals surface area contributed by atoms with Gasteiger partial charge in [-0.2, -0.15) is 0 Å². The Morgan fingerprint density at radius 2 is 2.00 bits per heavy atom. The monoisotopic (exact) mass is 388 g/mol. The van der Waals surface area contributed by atoms with Crippen LogP contribution in [0.15, 0.2) is 29.2 Å². The Labute approximate surface area is 150 Å². The predicted octanol–water partition coefficient (Wildman–Crippen LogP) is 0.522. The number of primary sulfonamides is 1. The average molecular weight is 388 g/mol. The molecular formula is C15H20N2O6S2. The lowest BCUT2D eigenvalue weighted by Crippen LogP contribution is -2.41. The van der Waals surface area contributed by atoms with Gasteiger partial charge in [0.1, 0.15) is 11.8 Å². The zero-order valence-corrected chi connectivity index (χ0v) is 15.1. The summed E-state index contributed by atoms with van der Waals surface area (Å²) in [5, 5.41) is 14.1. The Morgan fingerprint density at radius 1 is 1.32 bits per heavy atom. The molecule has 0 aromatic heterocycles. The minimum absolute atomic E-state index is 0.0124. The van der Waals surface area contributed by atoms with E-state index in [1.807, 2.05) is 0 Å². The van der Waals surface area contributed by atoms with E-state index in [0.717, 1.165) is 0 Å². The molecular weight excluding hydrogens is 368 g/mol. The van der Waals surface area contributed by atoms with Gasteiger partial charge in [-0.3, -0.25) is 4.79 Å². The Morgan fingerprint density at radius 3 is 2.60 bits per heavy atom. The van der Waals surface area contributed by atoms with E-state index in [2.05, 4.69) is 0 Å². The van der Waals surface area contributed by atoms with Crippen LogP contribution in [0.5, 0.6) is 5.75 Å². The van der Waals surface area contributed by atoms with E-state index in [0.29, 0.717) is 37.5 Å². The molecule has 3 N–H and O–H groups in total. The molecule has 8 nitrogen and oxygen atoms in total. The van der Waals surface area contributed by atoms with Crippen LogP contribution in [0.3, 0.4) is 0 Å². The van der Waals surface area contributed by atoms with Gasteiger partial charge >= 0.3 is 5.97 Å². The van der Waals surface area contributed by atoms with Crippen molar-refractivity contribution in [2.45, 2.75) is 23.8 Å². The van der Waals surface area contributed by atoms with Crippen LogP contribution < -0.4 is 9.88 Å². The van der Waals surface area contributed by atoms with E-state index < -0.39 is 22.0 Å². The lowest BCUT2D eigenvalue weighted by atomic mass is 10.2. The van der Waals surface area contributed by atoms with E-state index in [1.165, 1.54) is 40.9 Å². The second-order valence-corrected chi connectivity index (χ2v) is 8.17. The highest BCUT2D eigenvalue weighted by Gasteiger charge is 2.33. The summed E-state index contributed by atoms with van der Waals surface area (Å²) in [6, 6.07) is 5.04. The van der Waals surface area contributed by atoms with Crippen LogP contribution >= 0.6 is 11.8 Å². The molecule has 1 saturated heterocycles. The number of ether oxygens (including phenoxy) is 1. The van der Waals surface area contributed by atoms with Gasteiger partial charge in [0.2, 0.25) is 15.9 Å². The van der Waals surface area contributed by atoms with Crippen LogP contribution in [0.4, 0.5) is 0 Å². The van der Waals surface area contributed by atoms with Crippen LogP contribution in [0.2, 0.25) is 0 Å². The van der Waals surface area contributed by atoms with E-state index in [1.54, 1.807) is 0 Å². The summed E-state index contributed by atoms with van der Waals surface area (Å²) in [5.74, 6) is 0.130. The van der Waals surface area contributed by atoms with E-state index >= 15 is 0 Å². The molecule has 1 aliphatic rings. The number of nitrogens with two attached hydrogens (primary N) is 1. The lowest BCUT2D eigenvalue weighted by Gasteiger charge is -2.21. The number of sulfonamides is 1. The van der Waals surface area contributed by atoms with Crippen molar-refractivity contribution < 1.29 is 27.9 Å². The van der Waals surface area contributed by atoms with Crippen molar-refractivity contribution in [2.75, 3.05) is 24.7 Å². The summed E-state index contributed by atoms with van der Waals surface area (Å²) >= 11 is 1.36. The van der Waals surface area contributed by atoms with E-state index in [9.17, 15) is 18.0 Å². The highest BCUT2D eigenvalue weighted by Crippen LogP contribution is 2.19. The number of rotatable bonds is 8. The molecule has 1 atom stereocenters. The third-order valence-electron chi connectivity index (χ3n) is 3.73. The summed E-state index contributed by atoms with van der Waals surface area (Å²) < 4.78 is 27.7. The molecule has 1 fully saturated rings. The number of thioether (sulfide) groups is 1. The largest absolute Gasteiger partial charge is 0.493 e. The summed E-state index contributed by atoms with van der Waals surface area (Å²) in [5.41, 5.74) is 0. The number of likely N-dealkylation sites (tertiary alicyclic amines) is 1. The molecule has 25 heavy (non-hydrogen) atoms. The molecule has 1 aliphatic heterocycles. The Hall–Kier alpha value is -1.78. The average Bonchev–Trinajstić information content (AvgIpc) is 3.04. The van der Waals surface area contributed by atoms with Crippen LogP contribution in [-0.4, -0.2) is 61.0 Å². The fourth-order valence-electron chi connectivity index (χ4n) is 2.51. The van der Waals surface area contributed by atoms with Gasteiger partial charge in [-0.1, -0.05) is 0 Å². The lowest BCUT2D eigenvalue weighted by molar-refractivity contribution is -0.147. The minimum Gasteiger partial charge on any atom is -0.493 e. The quantitative estimate of drug-likeness (QED) is 0.622. The summed E-state index contributed by atoms with van der Waals surface area (Å²) in [7, 11) is -3.72. The smallest absolute Gasteiger partial charge is 0.326 e. The third-order valence-corrected chi connectivity index (χ3v) is 5.57. The molecule has 1 amide bonds. The molecule has 0 bridgehead atoms. The highest BCUT2D eigenvalue weighted by molar-refractivity contribution is 7.99. The van der Waals surface area contributed by atoms with Crippen molar-refractivity contribution in [3.05, 3.63) is 24.3 Å². The normalized spacial score (nSPS) is 17.5. The van der Waals surface area contributed by atoms with Crippen LogP contribution in [0, 0.1) is 0 Å². The number of carboxylic acid groups (broad SMARTS) is 1. The number of benzene rings is 1. The number of amides is 1. The van der Waals surface area contributed by atoms with Gasteiger partial charge in [-0.05, 0) is 37.1 Å². The Bertz CT molecular complexity index is 720. The molecule has 10 heteroatoms. The topological polar surface area (TPSA) is 127 Å². The van der Waals surface area contributed by atoms with Gasteiger partial charge in [0.15, 0.2) is 0 Å². The minimum atomic E-state index is -3.72. The molecule has 138 valence electrons. The van der Waals surface area contributed by atoms with Crippen molar-refractivity contribution in [3.8, 4) is 5.75 Å². The van der Waals surface area contributed by atoms with Crippen LogP contribution in [-0.2, 0) is 19.6 Å². The fourth-order valence-corrected chi connectivity index (χ4v) is 3.71. The van der Waals surface area contributed by atoms with Crippen molar-refractivity contribution >= 4 is 33.7 Å². The molecule has 0 saturated carbocycles. The maximum Gasteiger partial charge on any atom is 0.326 e. The van der Waals surface area contributed by atoms with E-state index in [-0.39, 0.29) is 16.6 Å². The molecule has 1 heterocycles. The van der Waals surface area contributed by atoms with Gasteiger partial charge in [-0.15, -0.1) is 11.8 Å². The first-order chi connectivity index (χ1) is 11.8. The highest BCUT2D eigenvalue weighted by atomic mass is 32.2. The van der Waals surface area contributed by atoms with Crippen molar-refractivity contribution in [2.24, 2.45) is 5.14 Å². The maximum atomic E-state index is 12.1. The van der Waals surface area contributed by atoms with Crippen molar-refractivity contribution in [1.82, 2.24) is 4.90 Å². The fraction of sp³-hybridized carbons (Fsp3) is 0.467. The van der Waals surface area contributed by atoms with Gasteiger partial charge < -0.3 is 14.7 Å². The van der Waals surface area contributed by atoms with Gasteiger partial charge in [0.05, 0.1) is 17.3 Å². The molecule has 0 unspecified atom stereocenters. The van der Waals surface area contributed by atoms with Crippen LogP contribution in [0.1, 0.15) is 12.8 Å². The Kier molecular flexibility index (Phi) is 6.68. The maximum absolute atomic E-state index is 12.1. The van der Waals surface area contributed by atoms with Crippen LogP contribution in [0.25, 0.3) is 0 Å². The standard InChI is InChI=1S/C15H20N2O6S2/c16-25(21,22)12-5-3-11(4-6-12)23-8-9-24-10-14(18)17-7-1-2-13(17)15(19)20/h3-6,13H,1-2,7-10H2,(H,19,20)(H2,16,21,22)/t13-/m0/s1. The zero-order chi connectivity index (χ0) is 18.4. The second-order valence-electron chi connectivity index (χ2n) is 5.50. The van der Waals surface area contributed by atoms with Gasteiger partial charge in [0, 0.05) is 12.3 Å². The molecule has 1 aromatic rings. The Balaban J connectivity index is 1.69. The van der Waals surface area contributed by atoms with E-state index in [4.69, 9.17) is 15.0 Å². The molecule has 0 aliphatic carbocycles. The van der Waals surface area contributed by atoms with Gasteiger partial charge in [-0.25, -0.2) is 18.4 Å². The zero-order valence-electron chi connectivity index (χ0n) is 13.5. The SMILES string of the molecule is NS(=O)(=O)c1ccc(OCCSCC(=O)N2CCC[C@H]2C(=O)O)cc1. The molecule has 1 aromatic carbocycles. The number of carbonyl (C=O) groups excluding carboxylic acids is 1. The second kappa shape index (κ2) is 8.54. The molecule has 0 radical (unpaired) electrons. The number of nitrogens with zero attached hydrogens (tertiary/aromatic N) is 1. The van der Waals surface area contributed by atoms with Crippen molar-refractivity contribution in [3.63, 3.8) is 0 Å². The number of aliphatic carboxylic acids is 1. The number of hydrogen-bond acceptors (Lipinski definition) is 6. The molecule has 2 rings (SSSR count). The van der Waals surface area contributed by atoms with Crippen molar-refractivity contribution in [1.29, 1.82) is 0 Å². The first kappa shape index (κ1) is 19.5. The molecule has 0 spiro atoms. The first-order valence-corrected chi connectivity index (χ1v) is 10.3. The summed E-state index contributed by atoms with van der Waals surface area (Å²) in [6.07, 6.45) is 1.22. The predicted molar refractivity (Wildman–Crippen MR) is 93.0 cm³/mol. The number of hydrogen-bond donors (Lipinski definition) is 2. The summed E-state index contributed by atoms with van der Waals surface area (Å²) in [6.45, 7) is 0.832. The third kappa shape index (κ3) is 5.62. The number of carboxylic acids is 1. The first-order valence-electron chi connectivity index (χ1n) is 7.65. The number of carbonyl (C=O) groups is 2. The summed E-state index contributed by atoms with van der Waals surface area (Å²) in [4.78, 5) is 24.6.